The molecule has 2 aromatic carbocycles. The van der Waals surface area contributed by atoms with Gasteiger partial charge in [-0.25, -0.2) is 21.2 Å². The van der Waals surface area contributed by atoms with E-state index in [1.54, 1.807) is 37.3 Å². The fourth-order valence-electron chi connectivity index (χ4n) is 4.57. The molecule has 0 amide bonds. The Morgan fingerprint density at radius 3 is 2.28 bits per heavy atom. The average molecular weight is 483 g/mol. The molecule has 2 fully saturated rings. The second-order valence-corrected chi connectivity index (χ2v) is 12.7. The van der Waals surface area contributed by atoms with Crippen LogP contribution in [0.2, 0.25) is 0 Å². The summed E-state index contributed by atoms with van der Waals surface area (Å²) in [7, 11) is -6.04. The van der Waals surface area contributed by atoms with Gasteiger partial charge >= 0.3 is 0 Å². The maximum absolute atomic E-state index is 13.6. The van der Waals surface area contributed by atoms with Crippen molar-refractivity contribution in [2.45, 2.75) is 23.1 Å². The number of piperazine rings is 1. The minimum Gasteiger partial charge on any atom is -0.495 e. The molecule has 0 saturated carbocycles. The highest BCUT2D eigenvalue weighted by atomic mass is 32.2. The third-order valence-electron chi connectivity index (χ3n) is 6.27. The summed E-state index contributed by atoms with van der Waals surface area (Å²) in [6, 6.07) is 10.5. The first-order chi connectivity index (χ1) is 15.1. The summed E-state index contributed by atoms with van der Waals surface area (Å²) in [5, 5.41) is -1.06. The van der Waals surface area contributed by atoms with Gasteiger partial charge in [-0.3, -0.25) is 4.90 Å². The third kappa shape index (κ3) is 4.49. The van der Waals surface area contributed by atoms with Crippen molar-refractivity contribution in [3.63, 3.8) is 0 Å². The Balaban J connectivity index is 1.58. The van der Waals surface area contributed by atoms with Crippen LogP contribution in [0.25, 0.3) is 0 Å². The van der Waals surface area contributed by atoms with Crippen LogP contribution in [0, 0.1) is 12.7 Å². The molecule has 0 aliphatic carbocycles. The molecule has 2 aromatic rings. The third-order valence-corrected chi connectivity index (χ3v) is 10.4. The molecule has 2 aliphatic rings. The number of hydrogen-bond donors (Lipinski definition) is 0. The first-order valence-electron chi connectivity index (χ1n) is 10.4. The minimum absolute atomic E-state index is 0.0389. The van der Waals surface area contributed by atoms with Crippen LogP contribution in [-0.4, -0.2) is 77.8 Å². The summed E-state index contributed by atoms with van der Waals surface area (Å²) < 4.78 is 70.8. The Morgan fingerprint density at radius 1 is 1.00 bits per heavy atom. The van der Waals surface area contributed by atoms with Gasteiger partial charge in [0.25, 0.3) is 0 Å². The van der Waals surface area contributed by atoms with Crippen LogP contribution in [0.4, 0.5) is 10.1 Å². The maximum atomic E-state index is 13.6. The summed E-state index contributed by atoms with van der Waals surface area (Å²) in [5.41, 5.74) is 1.65. The lowest BCUT2D eigenvalue weighted by molar-refractivity contribution is 0.201. The molecule has 32 heavy (non-hydrogen) atoms. The predicted molar refractivity (Wildman–Crippen MR) is 121 cm³/mol. The summed E-state index contributed by atoms with van der Waals surface area (Å²) in [6.45, 7) is 4.03. The molecule has 2 atom stereocenters. The molecule has 0 unspecified atom stereocenters. The number of sulfone groups is 2. The van der Waals surface area contributed by atoms with E-state index < -0.39 is 36.7 Å². The lowest BCUT2D eigenvalue weighted by atomic mass is 10.1. The second-order valence-electron chi connectivity index (χ2n) is 8.38. The van der Waals surface area contributed by atoms with Gasteiger partial charge < -0.3 is 9.64 Å². The monoisotopic (exact) mass is 482 g/mol. The number of aryl methyl sites for hydroxylation is 1. The van der Waals surface area contributed by atoms with Gasteiger partial charge in [0.15, 0.2) is 19.7 Å². The molecule has 2 saturated heterocycles. The van der Waals surface area contributed by atoms with Crippen LogP contribution in [-0.2, 0) is 19.7 Å². The van der Waals surface area contributed by atoms with Crippen LogP contribution >= 0.6 is 0 Å². The van der Waals surface area contributed by atoms with E-state index in [0.717, 1.165) is 11.3 Å². The van der Waals surface area contributed by atoms with Crippen molar-refractivity contribution in [3.05, 3.63) is 53.8 Å². The van der Waals surface area contributed by atoms with E-state index in [-0.39, 0.29) is 22.2 Å². The Labute approximate surface area is 188 Å². The van der Waals surface area contributed by atoms with Gasteiger partial charge in [0.2, 0.25) is 0 Å². The van der Waals surface area contributed by atoms with Crippen molar-refractivity contribution < 1.29 is 26.0 Å². The SMILES string of the molecule is COc1ccc(C)cc1S(=O)(=O)[C@H]1CS(=O)(=O)C[C@@H]1N1CCN(c2ccc(F)cc2)CC1. The highest BCUT2D eigenvalue weighted by Crippen LogP contribution is 2.34. The van der Waals surface area contributed by atoms with E-state index >= 15 is 0 Å². The molecule has 0 radical (unpaired) electrons. The van der Waals surface area contributed by atoms with Crippen molar-refractivity contribution >= 4 is 25.4 Å². The summed E-state index contributed by atoms with van der Waals surface area (Å²) in [6.07, 6.45) is 0. The van der Waals surface area contributed by atoms with Gasteiger partial charge in [0.05, 0.1) is 23.9 Å². The molecule has 174 valence electrons. The Bertz CT molecular complexity index is 1190. The number of halogens is 1. The highest BCUT2D eigenvalue weighted by molar-refractivity contribution is 7.96. The van der Waals surface area contributed by atoms with E-state index in [1.165, 1.54) is 19.2 Å². The lowest BCUT2D eigenvalue weighted by Crippen LogP contribution is -2.55. The van der Waals surface area contributed by atoms with Crippen LogP contribution in [0.5, 0.6) is 5.75 Å². The first-order valence-corrected chi connectivity index (χ1v) is 13.8. The molecule has 0 N–H and O–H groups in total. The Morgan fingerprint density at radius 2 is 1.66 bits per heavy atom. The van der Waals surface area contributed by atoms with Crippen molar-refractivity contribution in [3.8, 4) is 5.75 Å². The molecule has 10 heteroatoms. The average Bonchev–Trinajstić information content (AvgIpc) is 3.11. The number of nitrogens with zero attached hydrogens (tertiary/aromatic N) is 2. The quantitative estimate of drug-likeness (QED) is 0.644. The Hall–Kier alpha value is -2.17. The van der Waals surface area contributed by atoms with Crippen molar-refractivity contribution in [2.75, 3.05) is 49.7 Å². The maximum Gasteiger partial charge on any atom is 0.187 e. The topological polar surface area (TPSA) is 84.0 Å². The zero-order valence-electron chi connectivity index (χ0n) is 18.1. The van der Waals surface area contributed by atoms with Gasteiger partial charge in [0, 0.05) is 37.9 Å². The molecule has 2 aliphatic heterocycles. The number of benzene rings is 2. The molecule has 2 heterocycles. The van der Waals surface area contributed by atoms with Gasteiger partial charge in [-0.2, -0.15) is 0 Å². The molecule has 7 nitrogen and oxygen atoms in total. The minimum atomic E-state index is -3.95. The van der Waals surface area contributed by atoms with E-state index in [9.17, 15) is 21.2 Å². The van der Waals surface area contributed by atoms with Gasteiger partial charge in [0.1, 0.15) is 16.5 Å². The second kappa shape index (κ2) is 8.64. The van der Waals surface area contributed by atoms with Gasteiger partial charge in [-0.15, -0.1) is 0 Å². The van der Waals surface area contributed by atoms with Crippen LogP contribution in [0.15, 0.2) is 47.4 Å². The molecule has 0 aromatic heterocycles. The van der Waals surface area contributed by atoms with E-state index in [0.29, 0.717) is 26.2 Å². The standard InChI is InChI=1S/C22H27FN2O5S2/c1-16-3-8-20(30-2)21(13-16)32(28,29)22-15-31(26,27)14-19(22)25-11-9-24(10-12-25)18-6-4-17(23)5-7-18/h3-8,13,19,22H,9-12,14-15H2,1-2H3/t19-,22-/m0/s1. The fourth-order valence-corrected chi connectivity index (χ4v) is 9.64. The van der Waals surface area contributed by atoms with Crippen LogP contribution in [0.3, 0.4) is 0 Å². The van der Waals surface area contributed by atoms with Gasteiger partial charge in [-0.1, -0.05) is 6.07 Å². The van der Waals surface area contributed by atoms with E-state index in [4.69, 9.17) is 4.74 Å². The predicted octanol–water partition coefficient (Wildman–Crippen LogP) is 1.90. The number of hydrogen-bond acceptors (Lipinski definition) is 7. The number of anilines is 1. The number of rotatable bonds is 5. The zero-order chi connectivity index (χ0) is 23.1. The number of methoxy groups -OCH3 is 1. The molecule has 4 rings (SSSR count). The highest BCUT2D eigenvalue weighted by Gasteiger charge is 2.49. The first kappa shape index (κ1) is 23.0. The van der Waals surface area contributed by atoms with Gasteiger partial charge in [-0.05, 0) is 48.9 Å². The smallest absolute Gasteiger partial charge is 0.187 e. The van der Waals surface area contributed by atoms with Crippen LogP contribution in [0.1, 0.15) is 5.56 Å². The molecular formula is C22H27FN2O5S2. The number of ether oxygens (including phenoxy) is 1. The zero-order valence-corrected chi connectivity index (χ0v) is 19.7. The summed E-state index contributed by atoms with van der Waals surface area (Å²) in [4.78, 5) is 4.10. The molecule has 0 bridgehead atoms. The van der Waals surface area contributed by atoms with Crippen molar-refractivity contribution in [2.24, 2.45) is 0 Å². The largest absolute Gasteiger partial charge is 0.495 e. The summed E-state index contributed by atoms with van der Waals surface area (Å²) >= 11 is 0. The fraction of sp³-hybridized carbons (Fsp3) is 0.455. The van der Waals surface area contributed by atoms with Crippen LogP contribution < -0.4 is 9.64 Å². The Kier molecular flexibility index (Phi) is 6.21. The summed E-state index contributed by atoms with van der Waals surface area (Å²) in [5.74, 6) is -0.653. The van der Waals surface area contributed by atoms with E-state index in [1.807, 2.05) is 4.90 Å². The van der Waals surface area contributed by atoms with Crippen molar-refractivity contribution in [1.29, 1.82) is 0 Å². The molecule has 0 spiro atoms. The lowest BCUT2D eigenvalue weighted by Gasteiger charge is -2.40. The normalized spacial score (nSPS) is 23.9. The molecular weight excluding hydrogens is 455 g/mol. The van der Waals surface area contributed by atoms with E-state index in [2.05, 4.69) is 4.90 Å². The van der Waals surface area contributed by atoms with Crippen molar-refractivity contribution in [1.82, 2.24) is 4.90 Å².